The van der Waals surface area contributed by atoms with E-state index in [0.29, 0.717) is 0 Å². The Hall–Kier alpha value is -1.07. The Kier molecular flexibility index (Phi) is 29.9. The number of hydrogen-bond acceptors (Lipinski definition) is 5. The molecular weight excluding hydrogens is 232 g/mol. The zero-order valence-corrected chi connectivity index (χ0v) is 8.23. The Morgan fingerprint density at radius 3 is 0.923 bits per heavy atom. The summed E-state index contributed by atoms with van der Waals surface area (Å²) in [5.74, 6) is -3.00. The topological polar surface area (TPSA) is 118 Å². The molecular formula is C6H10CuO6. The molecule has 13 heavy (non-hydrogen) atoms. The van der Waals surface area contributed by atoms with Crippen LogP contribution in [0.15, 0.2) is 0 Å². The normalized spacial score (nSPS) is 5.77. The van der Waals surface area contributed by atoms with Gasteiger partial charge in [-0.05, 0) is 13.8 Å². The van der Waals surface area contributed by atoms with E-state index in [1.54, 1.807) is 0 Å². The van der Waals surface area contributed by atoms with Crippen LogP contribution in [0.25, 0.3) is 0 Å². The minimum Gasteiger partial charge on any atom is -0.550 e. The van der Waals surface area contributed by atoms with Crippen molar-refractivity contribution in [2.75, 3.05) is 0 Å². The fourth-order valence-electron chi connectivity index (χ4n) is 0. The van der Waals surface area contributed by atoms with Crippen molar-refractivity contribution in [2.45, 2.75) is 20.8 Å². The molecule has 1 radical (unpaired) electrons. The summed E-state index contributed by atoms with van der Waals surface area (Å²) in [5.41, 5.74) is 0. The van der Waals surface area contributed by atoms with Gasteiger partial charge in [-0.3, -0.25) is 4.79 Å². The average molecular weight is 242 g/mol. The third-order valence-electron chi connectivity index (χ3n) is 0. The van der Waals surface area contributed by atoms with Crippen LogP contribution in [0.2, 0.25) is 0 Å². The van der Waals surface area contributed by atoms with E-state index < -0.39 is 17.9 Å². The van der Waals surface area contributed by atoms with E-state index in [1.165, 1.54) is 0 Å². The first-order chi connectivity index (χ1) is 5.20. The molecule has 0 heterocycles. The van der Waals surface area contributed by atoms with Crippen molar-refractivity contribution in [1.82, 2.24) is 0 Å². The molecule has 1 N–H and O–H groups in total. The van der Waals surface area contributed by atoms with Crippen molar-refractivity contribution in [3.05, 3.63) is 0 Å². The second kappa shape index (κ2) is 17.1. The van der Waals surface area contributed by atoms with Crippen LogP contribution in [-0.4, -0.2) is 23.0 Å². The number of carboxylic acids is 3. The zero-order valence-electron chi connectivity index (χ0n) is 7.29. The molecule has 6 nitrogen and oxygen atoms in total. The van der Waals surface area contributed by atoms with Crippen LogP contribution < -0.4 is 10.2 Å². The summed E-state index contributed by atoms with van der Waals surface area (Å²) in [6, 6.07) is 0. The van der Waals surface area contributed by atoms with Crippen LogP contribution in [-0.2, 0) is 31.5 Å². The number of rotatable bonds is 0. The molecule has 0 amide bonds. The standard InChI is InChI=1S/3C2H4O2.Cu/c3*1-2(3)4;/h3*1H3,(H,3,4);/q;;;+2/p-2. The Morgan fingerprint density at radius 1 is 0.923 bits per heavy atom. The van der Waals surface area contributed by atoms with E-state index >= 15 is 0 Å². The van der Waals surface area contributed by atoms with Crippen molar-refractivity contribution in [3.8, 4) is 0 Å². The predicted octanol–water partition coefficient (Wildman–Crippen LogP) is -2.40. The Balaban J connectivity index is -0.0000000450. The van der Waals surface area contributed by atoms with Gasteiger partial charge in [0, 0.05) is 18.9 Å². The number of hydrogen-bond donors (Lipinski definition) is 1. The largest absolute Gasteiger partial charge is 2.00 e. The molecule has 0 aliphatic carbocycles. The first kappa shape index (κ1) is 22.7. The van der Waals surface area contributed by atoms with Crippen molar-refractivity contribution < 1.29 is 46.8 Å². The van der Waals surface area contributed by atoms with Gasteiger partial charge in [-0.15, -0.1) is 0 Å². The van der Waals surface area contributed by atoms with Gasteiger partial charge < -0.3 is 24.9 Å². The van der Waals surface area contributed by atoms with E-state index in [0.717, 1.165) is 20.8 Å². The van der Waals surface area contributed by atoms with Crippen LogP contribution in [0.5, 0.6) is 0 Å². The molecule has 0 aromatic carbocycles. The third-order valence-corrected chi connectivity index (χ3v) is 0. The number of carbonyl (C=O) groups is 3. The SMILES string of the molecule is CC(=O)O.CC(=O)[O-].CC(=O)[O-].[Cu+2]. The van der Waals surface area contributed by atoms with Gasteiger partial charge in [0.1, 0.15) is 0 Å². The van der Waals surface area contributed by atoms with Crippen LogP contribution >= 0.6 is 0 Å². The molecule has 81 valence electrons. The fourth-order valence-corrected chi connectivity index (χ4v) is 0. The van der Waals surface area contributed by atoms with E-state index in [2.05, 4.69) is 0 Å². The molecule has 0 rings (SSSR count). The Bertz CT molecular complexity index is 115. The average Bonchev–Trinajstić information content (AvgIpc) is 1.54. The minimum absolute atomic E-state index is 0. The van der Waals surface area contributed by atoms with Gasteiger partial charge in [-0.1, -0.05) is 0 Å². The summed E-state index contributed by atoms with van der Waals surface area (Å²) in [6.07, 6.45) is 0. The molecule has 0 atom stereocenters. The molecule has 0 aromatic heterocycles. The smallest absolute Gasteiger partial charge is 0.550 e. The van der Waals surface area contributed by atoms with Crippen LogP contribution in [0.1, 0.15) is 20.8 Å². The molecule has 7 heteroatoms. The van der Waals surface area contributed by atoms with Crippen LogP contribution in [0, 0.1) is 0 Å². The molecule has 0 fully saturated rings. The van der Waals surface area contributed by atoms with E-state index in [-0.39, 0.29) is 17.1 Å². The molecule has 0 spiro atoms. The molecule has 0 aromatic rings. The van der Waals surface area contributed by atoms with Gasteiger partial charge in [0.05, 0.1) is 0 Å². The van der Waals surface area contributed by atoms with Crippen LogP contribution in [0.4, 0.5) is 0 Å². The third kappa shape index (κ3) is 760. The van der Waals surface area contributed by atoms with Crippen molar-refractivity contribution in [2.24, 2.45) is 0 Å². The first-order valence-corrected chi connectivity index (χ1v) is 2.74. The van der Waals surface area contributed by atoms with Gasteiger partial charge in [0.2, 0.25) is 0 Å². The summed E-state index contributed by atoms with van der Waals surface area (Å²) in [7, 11) is 0. The Morgan fingerprint density at radius 2 is 0.923 bits per heavy atom. The van der Waals surface area contributed by atoms with E-state index in [1.807, 2.05) is 0 Å². The second-order valence-corrected chi connectivity index (χ2v) is 1.50. The molecule has 0 saturated heterocycles. The maximum absolute atomic E-state index is 9.00. The van der Waals surface area contributed by atoms with Crippen molar-refractivity contribution in [3.63, 3.8) is 0 Å². The van der Waals surface area contributed by atoms with Crippen molar-refractivity contribution in [1.29, 1.82) is 0 Å². The molecule has 0 bridgehead atoms. The number of aliphatic carboxylic acids is 3. The molecule has 0 unspecified atom stereocenters. The fraction of sp³-hybridized carbons (Fsp3) is 0.500. The zero-order chi connectivity index (χ0) is 10.7. The molecule has 0 saturated carbocycles. The van der Waals surface area contributed by atoms with Crippen molar-refractivity contribution >= 4 is 17.9 Å². The van der Waals surface area contributed by atoms with Gasteiger partial charge in [-0.25, -0.2) is 0 Å². The summed E-state index contributed by atoms with van der Waals surface area (Å²) >= 11 is 0. The minimum atomic E-state index is -1.08. The van der Waals surface area contributed by atoms with E-state index in [9.17, 15) is 0 Å². The van der Waals surface area contributed by atoms with Gasteiger partial charge in [0.15, 0.2) is 0 Å². The first-order valence-electron chi connectivity index (χ1n) is 2.74. The Labute approximate surface area is 86.0 Å². The van der Waals surface area contributed by atoms with Gasteiger partial charge in [-0.2, -0.15) is 0 Å². The monoisotopic (exact) mass is 241 g/mol. The van der Waals surface area contributed by atoms with E-state index in [4.69, 9.17) is 29.7 Å². The van der Waals surface area contributed by atoms with Gasteiger partial charge >= 0.3 is 17.1 Å². The summed E-state index contributed by atoms with van der Waals surface area (Å²) in [6.45, 7) is 3.03. The second-order valence-electron chi connectivity index (χ2n) is 1.50. The predicted molar refractivity (Wildman–Crippen MR) is 34.7 cm³/mol. The quantitative estimate of drug-likeness (QED) is 0.473. The van der Waals surface area contributed by atoms with Crippen LogP contribution in [0.3, 0.4) is 0 Å². The summed E-state index contributed by atoms with van der Waals surface area (Å²) < 4.78 is 0. The molecule has 0 aliphatic rings. The maximum atomic E-state index is 9.00. The maximum Gasteiger partial charge on any atom is 2.00 e. The van der Waals surface area contributed by atoms with Gasteiger partial charge in [0.25, 0.3) is 5.97 Å². The summed E-state index contributed by atoms with van der Waals surface area (Å²) in [4.78, 5) is 26.8. The summed E-state index contributed by atoms with van der Waals surface area (Å²) in [5, 5.41) is 25.2. The molecule has 0 aliphatic heterocycles. The number of carboxylic acid groups (broad SMARTS) is 3. The number of carbonyl (C=O) groups excluding carboxylic acids is 2.